The molecule has 0 spiro atoms. The second-order valence-corrected chi connectivity index (χ2v) is 1.86. The summed E-state index contributed by atoms with van der Waals surface area (Å²) < 4.78 is 7.88. The van der Waals surface area contributed by atoms with Gasteiger partial charge in [0, 0.05) is 0 Å². The Morgan fingerprint density at radius 1 is 1.86 bits per heavy atom. The summed E-state index contributed by atoms with van der Waals surface area (Å²) in [6, 6.07) is 0. The van der Waals surface area contributed by atoms with Gasteiger partial charge in [0.25, 0.3) is 0 Å². The van der Waals surface area contributed by atoms with Crippen LogP contribution in [0.5, 0.6) is 0 Å². The van der Waals surface area contributed by atoms with Crippen LogP contribution in [0.15, 0.2) is 0 Å². The van der Waals surface area contributed by atoms with Crippen LogP contribution in [-0.2, 0) is 31.7 Å². The van der Waals surface area contributed by atoms with Gasteiger partial charge < -0.3 is 0 Å². The first kappa shape index (κ1) is 10.8. The summed E-state index contributed by atoms with van der Waals surface area (Å²) in [7, 11) is 4.53. The van der Waals surface area contributed by atoms with Gasteiger partial charge in [-0.3, -0.25) is 0 Å². The second kappa shape index (κ2) is 15.8. The van der Waals surface area contributed by atoms with Gasteiger partial charge in [0.15, 0.2) is 0 Å². The molecule has 0 aromatic carbocycles. The normalized spacial score (nSPS) is 6.71. The molecule has 50 valence electrons. The summed E-state index contributed by atoms with van der Waals surface area (Å²) in [4.78, 5) is 2.00. The molecule has 0 fully saturated rings. The molecule has 0 atom stereocenters. The van der Waals surface area contributed by atoms with E-state index in [0.29, 0.717) is 0 Å². The minimum absolute atomic E-state index is 1.09. The van der Waals surface area contributed by atoms with Crippen LogP contribution >= 0.6 is 10.7 Å². The van der Waals surface area contributed by atoms with E-state index in [4.69, 9.17) is 3.90 Å². The van der Waals surface area contributed by atoms with Crippen molar-refractivity contribution in [3.8, 4) is 0 Å². The zero-order valence-corrected chi connectivity index (χ0v) is 6.53. The van der Waals surface area contributed by atoms with Crippen molar-refractivity contribution in [1.29, 1.82) is 0 Å². The Bertz CT molecular complexity index is 69.3. The molecule has 0 amide bonds. The van der Waals surface area contributed by atoms with Crippen LogP contribution in [0.2, 0.25) is 0 Å². The van der Waals surface area contributed by atoms with E-state index < -0.39 is 0 Å². The average Bonchev–Trinajstić information content (AvgIpc) is 1.75. The van der Waals surface area contributed by atoms with Crippen LogP contribution < -0.4 is 0 Å². The summed E-state index contributed by atoms with van der Waals surface area (Å²) in [5.41, 5.74) is 0. The Kier molecular flexibility index (Phi) is 24.3. The van der Waals surface area contributed by atoms with Gasteiger partial charge in [-0.1, -0.05) is 0 Å². The fourth-order valence-corrected chi connectivity index (χ4v) is 0.652. The molecular formula is C3H6Ni2OS. The molecule has 0 bridgehead atoms. The molecule has 0 saturated carbocycles. The van der Waals surface area contributed by atoms with Crippen LogP contribution in [0.4, 0.5) is 0 Å². The third-order valence-electron chi connectivity index (χ3n) is 0.182. The molecule has 7 heavy (non-hydrogen) atoms. The SMILES string of the molecule is CC[CH]=[Ni]=[S].[O]=[Ni]. The zero-order chi connectivity index (χ0) is 6.12. The fourth-order valence-electron chi connectivity index (χ4n) is 0.0527. The van der Waals surface area contributed by atoms with Gasteiger partial charge in [-0.05, 0) is 0 Å². The van der Waals surface area contributed by atoms with Gasteiger partial charge in [0.1, 0.15) is 0 Å². The van der Waals surface area contributed by atoms with Crippen molar-refractivity contribution in [2.75, 3.05) is 0 Å². The van der Waals surface area contributed by atoms with Crippen molar-refractivity contribution in [2.24, 2.45) is 0 Å². The molecule has 0 aliphatic heterocycles. The molecule has 0 aliphatic rings. The number of hydrogen-bond acceptors (Lipinski definition) is 2. The van der Waals surface area contributed by atoms with E-state index in [1.807, 2.05) is 4.99 Å². The summed E-state index contributed by atoms with van der Waals surface area (Å²) in [5.74, 6) is 0. The van der Waals surface area contributed by atoms with Crippen molar-refractivity contribution in [2.45, 2.75) is 13.3 Å². The quantitative estimate of drug-likeness (QED) is 0.603. The van der Waals surface area contributed by atoms with E-state index in [-0.39, 0.29) is 0 Å². The predicted molar refractivity (Wildman–Crippen MR) is 24.6 cm³/mol. The first-order valence-electron chi connectivity index (χ1n) is 1.56. The molecule has 0 unspecified atom stereocenters. The monoisotopic (exact) mass is 206 g/mol. The van der Waals surface area contributed by atoms with Crippen molar-refractivity contribution in [3.63, 3.8) is 0 Å². The molecule has 4 heteroatoms. The first-order valence-corrected chi connectivity index (χ1v) is 4.00. The second-order valence-electron chi connectivity index (χ2n) is 0.612. The third-order valence-corrected chi connectivity index (χ3v) is 1.18. The van der Waals surface area contributed by atoms with Gasteiger partial charge in [-0.25, -0.2) is 0 Å². The summed E-state index contributed by atoms with van der Waals surface area (Å²) >= 11 is 3.85. The molecule has 0 saturated heterocycles. The van der Waals surface area contributed by atoms with E-state index >= 15 is 0 Å². The van der Waals surface area contributed by atoms with Gasteiger partial charge in [0.2, 0.25) is 0 Å². The Balaban J connectivity index is 0. The van der Waals surface area contributed by atoms with Gasteiger partial charge in [-0.15, -0.1) is 0 Å². The minimum atomic E-state index is 1.09. The van der Waals surface area contributed by atoms with Crippen LogP contribution in [0.1, 0.15) is 13.3 Å². The zero-order valence-electron chi connectivity index (χ0n) is 3.73. The van der Waals surface area contributed by atoms with E-state index in [2.05, 4.69) is 33.0 Å². The van der Waals surface area contributed by atoms with Crippen molar-refractivity contribution < 1.29 is 31.7 Å². The average molecular weight is 208 g/mol. The Morgan fingerprint density at radius 3 is 2.29 bits per heavy atom. The third kappa shape index (κ3) is 19.8. The number of rotatable bonds is 1. The van der Waals surface area contributed by atoms with Crippen LogP contribution in [0.3, 0.4) is 0 Å². The van der Waals surface area contributed by atoms with E-state index in [1.165, 1.54) is 12.4 Å². The van der Waals surface area contributed by atoms with Gasteiger partial charge in [-0.2, -0.15) is 0 Å². The number of hydrogen-bond donors (Lipinski definition) is 0. The molecular weight excluding hydrogens is 201 g/mol. The summed E-state index contributed by atoms with van der Waals surface area (Å²) in [6.07, 6.45) is 1.09. The molecule has 0 radical (unpaired) electrons. The molecule has 0 rings (SSSR count). The molecule has 0 aromatic heterocycles. The maximum absolute atomic E-state index is 7.88. The van der Waals surface area contributed by atoms with E-state index in [0.717, 1.165) is 6.42 Å². The van der Waals surface area contributed by atoms with Gasteiger partial charge >= 0.3 is 60.7 Å². The van der Waals surface area contributed by atoms with E-state index in [1.54, 1.807) is 0 Å². The molecule has 1 nitrogen and oxygen atoms in total. The van der Waals surface area contributed by atoms with Crippen molar-refractivity contribution in [1.82, 2.24) is 0 Å². The van der Waals surface area contributed by atoms with E-state index in [9.17, 15) is 0 Å². The summed E-state index contributed by atoms with van der Waals surface area (Å²) in [5, 5.41) is 0. The maximum atomic E-state index is 7.88. The summed E-state index contributed by atoms with van der Waals surface area (Å²) in [6.45, 7) is 2.07. The van der Waals surface area contributed by atoms with Gasteiger partial charge in [0.05, 0.1) is 0 Å². The van der Waals surface area contributed by atoms with Crippen molar-refractivity contribution >= 4 is 15.7 Å². The van der Waals surface area contributed by atoms with Crippen LogP contribution in [0, 0.1) is 0 Å². The molecule has 0 aliphatic carbocycles. The first-order chi connectivity index (χ1) is 3.41. The predicted octanol–water partition coefficient (Wildman–Crippen LogP) is 1.27. The Hall–Kier alpha value is 0.877. The molecule has 0 heterocycles. The molecule has 0 aromatic rings. The Morgan fingerprint density at radius 2 is 2.29 bits per heavy atom. The fraction of sp³-hybridized carbons (Fsp3) is 0.667. The van der Waals surface area contributed by atoms with Crippen LogP contribution in [-0.4, -0.2) is 4.99 Å². The molecule has 0 N–H and O–H groups in total. The Labute approximate surface area is 60.7 Å². The standard InChI is InChI=1S/C3H6.2Ni.O.S/c1-3-2;;;;/h1H,3H2,2H3;;;;. The van der Waals surface area contributed by atoms with Crippen LogP contribution in [0.25, 0.3) is 0 Å². The van der Waals surface area contributed by atoms with Crippen molar-refractivity contribution in [3.05, 3.63) is 0 Å². The topological polar surface area (TPSA) is 17.1 Å².